The minimum atomic E-state index is -0.288. The normalized spacial score (nSPS) is 13.9. The minimum Gasteiger partial charge on any atom is -0.493 e. The highest BCUT2D eigenvalue weighted by Crippen LogP contribution is 2.28. The van der Waals surface area contributed by atoms with Crippen molar-refractivity contribution < 1.29 is 11.0 Å². The Bertz CT molecular complexity index is 1230. The van der Waals surface area contributed by atoms with Gasteiger partial charge in [0.1, 0.15) is 23.6 Å². The summed E-state index contributed by atoms with van der Waals surface area (Å²) in [5.74, 6) is 1.37. The van der Waals surface area contributed by atoms with E-state index >= 15 is 0 Å². The first-order valence-corrected chi connectivity index (χ1v) is 10.1. The molecule has 1 amide bonds. The first-order valence-electron chi connectivity index (χ1n) is 10.1. The maximum atomic E-state index is 13.2. The summed E-state index contributed by atoms with van der Waals surface area (Å²) in [5.41, 5.74) is 2.93. The largest absolute Gasteiger partial charge is 0.493 e. The molecule has 0 saturated carbocycles. The lowest BCUT2D eigenvalue weighted by atomic mass is 10.0. The standard InChI is InChI=1S/C23H20N6O2.H2/c30-23-18-13-16(17-5-4-10-24-14-17)8-9-20(18)31-12-2-1-11-29-15-25-28-22(29)19-6-3-7-21(26-19)27-23;/h3-10,13-15H,1-2,11-12H2,(H,26,27,30);1H. The predicted molar refractivity (Wildman–Crippen MR) is 118 cm³/mol. The number of carbonyl (C=O) groups is 1. The molecule has 31 heavy (non-hydrogen) atoms. The second kappa shape index (κ2) is 8.35. The third-order valence-electron chi connectivity index (χ3n) is 5.11. The second-order valence-electron chi connectivity index (χ2n) is 7.22. The molecule has 3 aromatic heterocycles. The van der Waals surface area contributed by atoms with Gasteiger partial charge in [0.2, 0.25) is 0 Å². The highest BCUT2D eigenvalue weighted by atomic mass is 16.5. The fourth-order valence-electron chi connectivity index (χ4n) is 3.54. The van der Waals surface area contributed by atoms with Crippen molar-refractivity contribution in [2.75, 3.05) is 11.9 Å². The summed E-state index contributed by atoms with van der Waals surface area (Å²) in [6.45, 7) is 1.27. The summed E-state index contributed by atoms with van der Waals surface area (Å²) in [6.07, 6.45) is 6.91. The topological polar surface area (TPSA) is 94.8 Å². The average molecular weight is 414 g/mol. The lowest BCUT2D eigenvalue weighted by Crippen LogP contribution is -2.16. The van der Waals surface area contributed by atoms with Crippen LogP contribution in [0.4, 0.5) is 5.82 Å². The van der Waals surface area contributed by atoms with Crippen molar-refractivity contribution in [2.45, 2.75) is 19.4 Å². The summed E-state index contributed by atoms with van der Waals surface area (Å²) in [5, 5.41) is 11.1. The number of ether oxygens (including phenoxy) is 1. The quantitative estimate of drug-likeness (QED) is 0.504. The molecule has 0 saturated heterocycles. The number of carbonyl (C=O) groups excluding carboxylic acids is 1. The van der Waals surface area contributed by atoms with Crippen LogP contribution in [0.5, 0.6) is 5.75 Å². The number of pyridine rings is 2. The van der Waals surface area contributed by atoms with E-state index in [4.69, 9.17) is 4.74 Å². The molecule has 1 aliphatic heterocycles. The number of hydrogen-bond acceptors (Lipinski definition) is 6. The molecule has 8 heteroatoms. The molecule has 4 heterocycles. The van der Waals surface area contributed by atoms with Crippen LogP contribution in [0.25, 0.3) is 22.6 Å². The second-order valence-corrected chi connectivity index (χ2v) is 7.22. The number of hydrogen-bond donors (Lipinski definition) is 1. The number of aromatic nitrogens is 5. The van der Waals surface area contributed by atoms with Crippen molar-refractivity contribution in [3.05, 3.63) is 72.8 Å². The van der Waals surface area contributed by atoms with Gasteiger partial charge in [-0.3, -0.25) is 9.78 Å². The summed E-state index contributed by atoms with van der Waals surface area (Å²) >= 11 is 0. The number of fused-ring (bicyclic) bond motifs is 5. The van der Waals surface area contributed by atoms with Crippen LogP contribution in [0.1, 0.15) is 24.6 Å². The minimum absolute atomic E-state index is 0. The van der Waals surface area contributed by atoms with E-state index in [1.807, 2.05) is 47.0 Å². The maximum absolute atomic E-state index is 13.2. The molecule has 4 aromatic rings. The van der Waals surface area contributed by atoms with E-state index in [2.05, 4.69) is 25.5 Å². The van der Waals surface area contributed by atoms with E-state index < -0.39 is 0 Å². The molecular weight excluding hydrogens is 392 g/mol. The summed E-state index contributed by atoms with van der Waals surface area (Å²) in [7, 11) is 0. The van der Waals surface area contributed by atoms with Gasteiger partial charge in [-0.2, -0.15) is 0 Å². The van der Waals surface area contributed by atoms with Crippen LogP contribution < -0.4 is 10.1 Å². The van der Waals surface area contributed by atoms with Gasteiger partial charge in [-0.25, -0.2) is 4.98 Å². The first-order chi connectivity index (χ1) is 15.3. The van der Waals surface area contributed by atoms with Crippen LogP contribution in [0.15, 0.2) is 67.3 Å². The van der Waals surface area contributed by atoms with Gasteiger partial charge in [-0.15, -0.1) is 10.2 Å². The molecule has 1 aliphatic rings. The third-order valence-corrected chi connectivity index (χ3v) is 5.11. The Labute approximate surface area is 180 Å². The SMILES string of the molecule is O=C1Nc2cccc(n2)-c2nncn2CCCCOc2ccc(-c3cccnc3)cc21.[HH]. The van der Waals surface area contributed by atoms with E-state index in [0.717, 1.165) is 30.5 Å². The van der Waals surface area contributed by atoms with Crippen LogP contribution in [-0.2, 0) is 6.54 Å². The van der Waals surface area contributed by atoms with Crippen LogP contribution in [0.3, 0.4) is 0 Å². The van der Waals surface area contributed by atoms with Gasteiger partial charge in [0, 0.05) is 25.9 Å². The Morgan fingerprint density at radius 3 is 2.94 bits per heavy atom. The van der Waals surface area contributed by atoms with Crippen molar-refractivity contribution in [3.8, 4) is 28.4 Å². The summed E-state index contributed by atoms with van der Waals surface area (Å²) < 4.78 is 7.95. The summed E-state index contributed by atoms with van der Waals surface area (Å²) in [6, 6.07) is 14.9. The first kappa shape index (κ1) is 18.9. The molecule has 8 nitrogen and oxygen atoms in total. The Balaban J connectivity index is 0.00000245. The molecule has 0 unspecified atom stereocenters. The lowest BCUT2D eigenvalue weighted by Gasteiger charge is -2.15. The molecule has 156 valence electrons. The van der Waals surface area contributed by atoms with Crippen molar-refractivity contribution in [3.63, 3.8) is 0 Å². The zero-order valence-corrected chi connectivity index (χ0v) is 16.7. The van der Waals surface area contributed by atoms with Crippen molar-refractivity contribution in [2.24, 2.45) is 0 Å². The van der Waals surface area contributed by atoms with E-state index in [0.29, 0.717) is 35.3 Å². The van der Waals surface area contributed by atoms with Crippen LogP contribution >= 0.6 is 0 Å². The molecule has 0 atom stereocenters. The van der Waals surface area contributed by atoms with Crippen molar-refractivity contribution >= 4 is 11.7 Å². The van der Waals surface area contributed by atoms with E-state index in [1.54, 1.807) is 24.8 Å². The Morgan fingerprint density at radius 2 is 2.03 bits per heavy atom. The number of benzene rings is 1. The molecule has 1 aromatic carbocycles. The number of anilines is 1. The van der Waals surface area contributed by atoms with Gasteiger partial charge < -0.3 is 14.6 Å². The zero-order valence-electron chi connectivity index (χ0n) is 16.7. The molecule has 0 spiro atoms. The molecular formula is C23H22N6O2. The Morgan fingerprint density at radius 1 is 1.06 bits per heavy atom. The van der Waals surface area contributed by atoms with Crippen LogP contribution in [-0.4, -0.2) is 37.2 Å². The van der Waals surface area contributed by atoms with Gasteiger partial charge in [-0.05, 0) is 48.7 Å². The smallest absolute Gasteiger partial charge is 0.260 e. The number of amides is 1. The molecule has 0 fully saturated rings. The van der Waals surface area contributed by atoms with Gasteiger partial charge in [0.15, 0.2) is 5.82 Å². The van der Waals surface area contributed by atoms with Crippen LogP contribution in [0, 0.1) is 0 Å². The Hall–Kier alpha value is -4.07. The van der Waals surface area contributed by atoms with Crippen LogP contribution in [0.2, 0.25) is 0 Å². The highest BCUT2D eigenvalue weighted by Gasteiger charge is 2.17. The maximum Gasteiger partial charge on any atom is 0.260 e. The lowest BCUT2D eigenvalue weighted by molar-refractivity contribution is 0.102. The zero-order chi connectivity index (χ0) is 21.0. The average Bonchev–Trinajstić information content (AvgIpc) is 3.28. The predicted octanol–water partition coefficient (Wildman–Crippen LogP) is 4.07. The highest BCUT2D eigenvalue weighted by molar-refractivity contribution is 6.06. The number of nitrogens with zero attached hydrogens (tertiary/aromatic N) is 5. The fourth-order valence-corrected chi connectivity index (χ4v) is 3.54. The Kier molecular flexibility index (Phi) is 5.10. The van der Waals surface area contributed by atoms with Crippen molar-refractivity contribution in [1.29, 1.82) is 0 Å². The monoisotopic (exact) mass is 414 g/mol. The van der Waals surface area contributed by atoms with E-state index in [1.165, 1.54) is 0 Å². The van der Waals surface area contributed by atoms with Crippen molar-refractivity contribution in [1.82, 2.24) is 24.7 Å². The van der Waals surface area contributed by atoms with E-state index in [9.17, 15) is 4.79 Å². The molecule has 0 aliphatic carbocycles. The van der Waals surface area contributed by atoms with Gasteiger partial charge in [-0.1, -0.05) is 18.2 Å². The molecule has 2 bridgehead atoms. The molecule has 0 radical (unpaired) electrons. The van der Waals surface area contributed by atoms with Gasteiger partial charge >= 0.3 is 0 Å². The molecule has 5 rings (SSSR count). The van der Waals surface area contributed by atoms with E-state index in [-0.39, 0.29) is 7.33 Å². The number of aryl methyl sites for hydroxylation is 1. The summed E-state index contributed by atoms with van der Waals surface area (Å²) in [4.78, 5) is 21.9. The van der Waals surface area contributed by atoms with Gasteiger partial charge in [0.05, 0.1) is 12.2 Å². The number of nitrogens with one attached hydrogen (secondary N) is 1. The molecule has 1 N–H and O–H groups in total. The fraction of sp³-hybridized carbons (Fsp3) is 0.174. The van der Waals surface area contributed by atoms with Gasteiger partial charge in [0.25, 0.3) is 5.91 Å². The third kappa shape index (κ3) is 4.00. The number of rotatable bonds is 1.